The predicted molar refractivity (Wildman–Crippen MR) is 96.4 cm³/mol. The molecule has 2 rings (SSSR count). The molecule has 0 amide bonds. The van der Waals surface area contributed by atoms with Crippen molar-refractivity contribution in [3.05, 3.63) is 70.8 Å². The molecule has 0 unspecified atom stereocenters. The van der Waals surface area contributed by atoms with Gasteiger partial charge >= 0.3 is 0 Å². The topological polar surface area (TPSA) is 96.4 Å². The van der Waals surface area contributed by atoms with Gasteiger partial charge in [-0.15, -0.1) is 0 Å². The Balaban J connectivity index is 1.85. The maximum Gasteiger partial charge on any atom is 0.207 e. The van der Waals surface area contributed by atoms with E-state index in [1.807, 2.05) is 12.1 Å². The van der Waals surface area contributed by atoms with Crippen molar-refractivity contribution in [3.63, 3.8) is 0 Å². The van der Waals surface area contributed by atoms with Gasteiger partial charge in [0.25, 0.3) is 0 Å². The number of hydrogen-bond donors (Lipinski definition) is 2. The van der Waals surface area contributed by atoms with Crippen LogP contribution in [0, 0.1) is 22.7 Å². The summed E-state index contributed by atoms with van der Waals surface area (Å²) >= 11 is 5.03. The highest BCUT2D eigenvalue weighted by molar-refractivity contribution is 7.80. The first kappa shape index (κ1) is 16.8. The lowest BCUT2D eigenvalue weighted by Gasteiger charge is -2.01. The number of nitrogens with one attached hydrogen (secondary N) is 2. The van der Waals surface area contributed by atoms with E-state index >= 15 is 0 Å². The van der Waals surface area contributed by atoms with Crippen molar-refractivity contribution >= 4 is 29.8 Å². The Kier molecular flexibility index (Phi) is 6.16. The summed E-state index contributed by atoms with van der Waals surface area (Å²) in [5, 5.41) is 25.8. The van der Waals surface area contributed by atoms with E-state index < -0.39 is 0 Å². The van der Waals surface area contributed by atoms with E-state index in [-0.39, 0.29) is 5.11 Å². The smallest absolute Gasteiger partial charge is 0.207 e. The van der Waals surface area contributed by atoms with Crippen LogP contribution in [0.2, 0.25) is 0 Å². The molecule has 116 valence electrons. The highest BCUT2D eigenvalue weighted by Crippen LogP contribution is 2.01. The fraction of sp³-hybridized carbons (Fsp3) is 0. The minimum Gasteiger partial charge on any atom is -0.252 e. The second kappa shape index (κ2) is 8.79. The minimum absolute atomic E-state index is 0.218. The monoisotopic (exact) mass is 332 g/mol. The second-order valence-corrected chi connectivity index (χ2v) is 4.95. The zero-order valence-corrected chi connectivity index (χ0v) is 13.3. The molecule has 2 N–H and O–H groups in total. The molecule has 0 aliphatic rings. The van der Waals surface area contributed by atoms with Crippen molar-refractivity contribution in [2.45, 2.75) is 0 Å². The van der Waals surface area contributed by atoms with Gasteiger partial charge in [-0.25, -0.2) is 0 Å². The van der Waals surface area contributed by atoms with Gasteiger partial charge in [0.05, 0.1) is 35.7 Å². The molecular formula is C17H12N6S. The van der Waals surface area contributed by atoms with Gasteiger partial charge in [-0.3, -0.25) is 10.9 Å². The van der Waals surface area contributed by atoms with E-state index in [2.05, 4.69) is 33.2 Å². The third-order valence-electron chi connectivity index (χ3n) is 2.79. The van der Waals surface area contributed by atoms with Crippen LogP contribution >= 0.6 is 12.2 Å². The third-order valence-corrected chi connectivity index (χ3v) is 2.97. The van der Waals surface area contributed by atoms with E-state index in [1.165, 1.54) is 0 Å². The first-order valence-electron chi connectivity index (χ1n) is 6.84. The molecule has 0 fully saturated rings. The Morgan fingerprint density at radius 2 is 1.33 bits per heavy atom. The van der Waals surface area contributed by atoms with E-state index in [0.29, 0.717) is 11.1 Å². The number of thiocarbonyl (C=S) groups is 1. The van der Waals surface area contributed by atoms with Crippen molar-refractivity contribution in [2.75, 3.05) is 0 Å². The third kappa shape index (κ3) is 5.34. The number of nitrogens with zero attached hydrogens (tertiary/aromatic N) is 4. The number of hydrazone groups is 2. The standard InChI is InChI=1S/C17H12N6S/c18-9-13-3-1-5-15(7-13)11-20-22-17(24)23-21-12-16-6-2-4-14(8-16)10-19/h1-8,11-12H,(H2,22,23,24). The summed E-state index contributed by atoms with van der Waals surface area (Å²) in [5.41, 5.74) is 7.91. The number of benzene rings is 2. The van der Waals surface area contributed by atoms with Gasteiger partial charge in [0, 0.05) is 0 Å². The van der Waals surface area contributed by atoms with Gasteiger partial charge in [0.1, 0.15) is 0 Å². The van der Waals surface area contributed by atoms with E-state index in [4.69, 9.17) is 22.7 Å². The summed E-state index contributed by atoms with van der Waals surface area (Å²) in [4.78, 5) is 0. The predicted octanol–water partition coefficient (Wildman–Crippen LogP) is 2.26. The molecule has 24 heavy (non-hydrogen) atoms. The minimum atomic E-state index is 0.218. The van der Waals surface area contributed by atoms with Gasteiger partial charge in [-0.1, -0.05) is 24.3 Å². The van der Waals surface area contributed by atoms with Crippen LogP contribution < -0.4 is 10.9 Å². The fourth-order valence-electron chi connectivity index (χ4n) is 1.73. The zero-order valence-electron chi connectivity index (χ0n) is 12.5. The van der Waals surface area contributed by atoms with Crippen LogP contribution in [0.5, 0.6) is 0 Å². The fourth-order valence-corrected chi connectivity index (χ4v) is 1.84. The average molecular weight is 332 g/mol. The molecule has 7 heteroatoms. The second-order valence-electron chi connectivity index (χ2n) is 4.54. The SMILES string of the molecule is N#Cc1cccc(C=NNC(=S)NN=Cc2cccc(C#N)c2)c1. The maximum absolute atomic E-state index is 8.83. The molecule has 0 saturated carbocycles. The Hall–Kier alpha value is -3.55. The van der Waals surface area contributed by atoms with Gasteiger partial charge in [-0.2, -0.15) is 20.7 Å². The molecule has 0 bridgehead atoms. The molecule has 0 saturated heterocycles. The summed E-state index contributed by atoms with van der Waals surface area (Å²) in [6.45, 7) is 0. The lowest BCUT2D eigenvalue weighted by Crippen LogP contribution is -2.28. The van der Waals surface area contributed by atoms with E-state index in [0.717, 1.165) is 11.1 Å². The summed E-state index contributed by atoms with van der Waals surface area (Å²) < 4.78 is 0. The van der Waals surface area contributed by atoms with Crippen molar-refractivity contribution < 1.29 is 0 Å². The molecular weight excluding hydrogens is 320 g/mol. The molecule has 0 spiro atoms. The molecule has 0 atom stereocenters. The first-order chi connectivity index (χ1) is 11.7. The van der Waals surface area contributed by atoms with Crippen LogP contribution in [0.15, 0.2) is 58.7 Å². The van der Waals surface area contributed by atoms with Crippen molar-refractivity contribution in [2.24, 2.45) is 10.2 Å². The van der Waals surface area contributed by atoms with Gasteiger partial charge in [0.2, 0.25) is 5.11 Å². The Labute approximate surface area is 144 Å². The molecule has 0 radical (unpaired) electrons. The summed E-state index contributed by atoms with van der Waals surface area (Å²) in [6, 6.07) is 18.2. The molecule has 0 aliphatic heterocycles. The van der Waals surface area contributed by atoms with Crippen molar-refractivity contribution in [3.8, 4) is 12.1 Å². The van der Waals surface area contributed by atoms with Crippen LogP contribution in [0.3, 0.4) is 0 Å². The lowest BCUT2D eigenvalue weighted by molar-refractivity contribution is 0.935. The maximum atomic E-state index is 8.83. The van der Waals surface area contributed by atoms with Gasteiger partial charge < -0.3 is 0 Å². The number of hydrogen-bond acceptors (Lipinski definition) is 5. The summed E-state index contributed by atoms with van der Waals surface area (Å²) in [5.74, 6) is 0. The van der Waals surface area contributed by atoms with Crippen molar-refractivity contribution in [1.82, 2.24) is 10.9 Å². The average Bonchev–Trinajstić information content (AvgIpc) is 2.62. The number of rotatable bonds is 4. The molecule has 0 aromatic heterocycles. The van der Waals surface area contributed by atoms with Crippen LogP contribution in [0.4, 0.5) is 0 Å². The summed E-state index contributed by atoms with van der Waals surface area (Å²) in [7, 11) is 0. The molecule has 0 aliphatic carbocycles. The molecule has 2 aromatic rings. The van der Waals surface area contributed by atoms with E-state index in [9.17, 15) is 0 Å². The van der Waals surface area contributed by atoms with Gasteiger partial charge in [-0.05, 0) is 47.6 Å². The molecule has 2 aromatic carbocycles. The highest BCUT2D eigenvalue weighted by Gasteiger charge is 1.94. The van der Waals surface area contributed by atoms with Crippen LogP contribution in [-0.2, 0) is 0 Å². The quantitative estimate of drug-likeness (QED) is 0.508. The lowest BCUT2D eigenvalue weighted by atomic mass is 10.1. The Morgan fingerprint density at radius 1 is 0.875 bits per heavy atom. The zero-order chi connectivity index (χ0) is 17.2. The Morgan fingerprint density at radius 3 is 1.75 bits per heavy atom. The first-order valence-corrected chi connectivity index (χ1v) is 7.24. The van der Waals surface area contributed by atoms with E-state index in [1.54, 1.807) is 48.8 Å². The Bertz CT molecular complexity index is 802. The molecule has 0 heterocycles. The highest BCUT2D eigenvalue weighted by atomic mass is 32.1. The normalized spacial score (nSPS) is 10.2. The summed E-state index contributed by atoms with van der Waals surface area (Å²) in [6.07, 6.45) is 3.10. The van der Waals surface area contributed by atoms with Crippen LogP contribution in [0.25, 0.3) is 0 Å². The largest absolute Gasteiger partial charge is 0.252 e. The number of nitriles is 2. The molecule has 6 nitrogen and oxygen atoms in total. The van der Waals surface area contributed by atoms with Gasteiger partial charge in [0.15, 0.2) is 0 Å². The van der Waals surface area contributed by atoms with Crippen LogP contribution in [-0.4, -0.2) is 17.5 Å². The van der Waals surface area contributed by atoms with Crippen molar-refractivity contribution in [1.29, 1.82) is 10.5 Å². The van der Waals surface area contributed by atoms with Crippen LogP contribution in [0.1, 0.15) is 22.3 Å².